The van der Waals surface area contributed by atoms with Crippen LogP contribution in [0.2, 0.25) is 0 Å². The number of carbonyl (C=O) groups excluding carboxylic acids is 1. The summed E-state index contributed by atoms with van der Waals surface area (Å²) < 4.78 is 17.7. The van der Waals surface area contributed by atoms with Gasteiger partial charge in [0.1, 0.15) is 5.82 Å². The number of aliphatic hydroxyl groups is 1. The molecule has 146 valence electrons. The van der Waals surface area contributed by atoms with Crippen LogP contribution in [0.4, 0.5) is 4.39 Å². The van der Waals surface area contributed by atoms with Gasteiger partial charge in [-0.05, 0) is 42.5 Å². The van der Waals surface area contributed by atoms with Gasteiger partial charge in [-0.2, -0.15) is 10.2 Å². The van der Waals surface area contributed by atoms with Crippen LogP contribution in [0, 0.1) is 11.7 Å². The molecule has 1 fully saturated rings. The molecule has 1 aliphatic rings. The van der Waals surface area contributed by atoms with E-state index in [0.29, 0.717) is 24.9 Å². The predicted octanol–water partition coefficient (Wildman–Crippen LogP) is 1.99. The Morgan fingerprint density at radius 2 is 2.18 bits per heavy atom. The zero-order valence-electron chi connectivity index (χ0n) is 15.5. The van der Waals surface area contributed by atoms with Crippen LogP contribution < -0.4 is 5.32 Å². The van der Waals surface area contributed by atoms with Crippen molar-refractivity contribution in [2.75, 3.05) is 0 Å². The highest BCUT2D eigenvalue weighted by Gasteiger charge is 2.34. The number of nitrogens with zero attached hydrogens (tertiary/aromatic N) is 4. The molecule has 1 aliphatic carbocycles. The average molecular weight is 383 g/mol. The molecule has 8 heteroatoms. The first-order valence-corrected chi connectivity index (χ1v) is 9.24. The summed E-state index contributed by atoms with van der Waals surface area (Å²) in [5.41, 5.74) is 1.48. The molecule has 2 heterocycles. The Balaban J connectivity index is 1.46. The number of hydrogen-bond donors (Lipinski definition) is 2. The number of aromatic nitrogens is 4. The van der Waals surface area contributed by atoms with Crippen molar-refractivity contribution in [2.45, 2.75) is 31.5 Å². The van der Waals surface area contributed by atoms with Crippen LogP contribution >= 0.6 is 0 Å². The SMILES string of the molecule is Cn1cc(-c2ccc(F)c(C(=O)N[C@@H]3CC(Cn4cccn4)C[C@H]3O)c2)cn1. The predicted molar refractivity (Wildman–Crippen MR) is 101 cm³/mol. The fourth-order valence-corrected chi connectivity index (χ4v) is 3.79. The molecule has 4 rings (SSSR count). The van der Waals surface area contributed by atoms with Crippen LogP contribution in [0.5, 0.6) is 0 Å². The molecule has 0 aliphatic heterocycles. The second kappa shape index (κ2) is 7.55. The molecule has 0 radical (unpaired) electrons. The lowest BCUT2D eigenvalue weighted by atomic mass is 10.0. The number of aryl methyl sites for hydroxylation is 1. The summed E-state index contributed by atoms with van der Waals surface area (Å²) in [6, 6.07) is 5.86. The highest BCUT2D eigenvalue weighted by Crippen LogP contribution is 2.28. The Labute approximate surface area is 161 Å². The molecule has 0 spiro atoms. The average Bonchev–Trinajstić information content (AvgIpc) is 3.39. The lowest BCUT2D eigenvalue weighted by Crippen LogP contribution is -2.40. The van der Waals surface area contributed by atoms with Gasteiger partial charge >= 0.3 is 0 Å². The van der Waals surface area contributed by atoms with Crippen molar-refractivity contribution >= 4 is 5.91 Å². The molecule has 1 saturated carbocycles. The van der Waals surface area contributed by atoms with Crippen molar-refractivity contribution in [3.8, 4) is 11.1 Å². The maximum Gasteiger partial charge on any atom is 0.254 e. The normalized spacial score (nSPS) is 21.8. The zero-order valence-corrected chi connectivity index (χ0v) is 15.5. The number of rotatable bonds is 5. The summed E-state index contributed by atoms with van der Waals surface area (Å²) >= 11 is 0. The van der Waals surface area contributed by atoms with Crippen molar-refractivity contribution < 1.29 is 14.3 Å². The third kappa shape index (κ3) is 3.82. The Hall–Kier alpha value is -3.00. The van der Waals surface area contributed by atoms with Gasteiger partial charge in [-0.1, -0.05) is 6.07 Å². The summed E-state index contributed by atoms with van der Waals surface area (Å²) in [6.07, 6.45) is 7.58. The summed E-state index contributed by atoms with van der Waals surface area (Å²) in [4.78, 5) is 12.7. The minimum Gasteiger partial charge on any atom is -0.391 e. The van der Waals surface area contributed by atoms with Crippen molar-refractivity contribution in [2.24, 2.45) is 13.0 Å². The molecule has 1 aromatic carbocycles. The van der Waals surface area contributed by atoms with Crippen LogP contribution in [0.1, 0.15) is 23.2 Å². The van der Waals surface area contributed by atoms with Gasteiger partial charge < -0.3 is 10.4 Å². The van der Waals surface area contributed by atoms with Gasteiger partial charge in [-0.15, -0.1) is 0 Å². The molecule has 2 aromatic heterocycles. The second-order valence-corrected chi connectivity index (χ2v) is 7.31. The van der Waals surface area contributed by atoms with Crippen molar-refractivity contribution in [1.29, 1.82) is 0 Å². The lowest BCUT2D eigenvalue weighted by molar-refractivity contribution is 0.0869. The van der Waals surface area contributed by atoms with Crippen LogP contribution in [0.15, 0.2) is 49.1 Å². The molecule has 28 heavy (non-hydrogen) atoms. The van der Waals surface area contributed by atoms with E-state index in [1.54, 1.807) is 36.4 Å². The number of nitrogens with one attached hydrogen (secondary N) is 1. The molecule has 7 nitrogen and oxygen atoms in total. The van der Waals surface area contributed by atoms with Crippen LogP contribution in [0.3, 0.4) is 0 Å². The maximum absolute atomic E-state index is 14.3. The minimum atomic E-state index is -0.658. The highest BCUT2D eigenvalue weighted by atomic mass is 19.1. The summed E-state index contributed by atoms with van der Waals surface area (Å²) in [7, 11) is 1.79. The Morgan fingerprint density at radius 3 is 2.89 bits per heavy atom. The largest absolute Gasteiger partial charge is 0.391 e. The van der Waals surface area contributed by atoms with E-state index in [2.05, 4.69) is 15.5 Å². The van der Waals surface area contributed by atoms with Gasteiger partial charge in [0, 0.05) is 37.7 Å². The van der Waals surface area contributed by atoms with Gasteiger partial charge in [-0.3, -0.25) is 14.2 Å². The van der Waals surface area contributed by atoms with E-state index in [4.69, 9.17) is 0 Å². The van der Waals surface area contributed by atoms with Crippen molar-refractivity contribution in [3.05, 3.63) is 60.4 Å². The number of amides is 1. The number of aliphatic hydroxyl groups excluding tert-OH is 1. The summed E-state index contributed by atoms with van der Waals surface area (Å²) in [5.74, 6) is -0.912. The third-order valence-corrected chi connectivity index (χ3v) is 5.20. The first-order chi connectivity index (χ1) is 13.5. The van der Waals surface area contributed by atoms with Crippen molar-refractivity contribution in [1.82, 2.24) is 24.9 Å². The lowest BCUT2D eigenvalue weighted by Gasteiger charge is -2.17. The molecule has 1 unspecified atom stereocenters. The smallest absolute Gasteiger partial charge is 0.254 e. The number of halogens is 1. The summed E-state index contributed by atoms with van der Waals surface area (Å²) in [6.45, 7) is 0.682. The van der Waals surface area contributed by atoms with Crippen LogP contribution in [-0.2, 0) is 13.6 Å². The van der Waals surface area contributed by atoms with Gasteiger partial charge in [0.25, 0.3) is 5.91 Å². The monoisotopic (exact) mass is 383 g/mol. The van der Waals surface area contributed by atoms with E-state index >= 15 is 0 Å². The van der Waals surface area contributed by atoms with Gasteiger partial charge in [-0.25, -0.2) is 4.39 Å². The van der Waals surface area contributed by atoms with E-state index < -0.39 is 23.9 Å². The fourth-order valence-electron chi connectivity index (χ4n) is 3.79. The second-order valence-electron chi connectivity index (χ2n) is 7.31. The molecule has 2 N–H and O–H groups in total. The Morgan fingerprint density at radius 1 is 1.32 bits per heavy atom. The summed E-state index contributed by atoms with van der Waals surface area (Å²) in [5, 5.41) is 21.4. The molecule has 3 aromatic rings. The molecule has 0 saturated heterocycles. The molecule has 3 atom stereocenters. The first-order valence-electron chi connectivity index (χ1n) is 9.24. The quantitative estimate of drug-likeness (QED) is 0.706. The zero-order chi connectivity index (χ0) is 19.7. The minimum absolute atomic E-state index is 0.0379. The standard InChI is InChI=1S/C20H22FN5O2/c1-25-12-15(10-23-25)14-3-4-17(21)16(9-14)20(28)24-18-7-13(8-19(18)27)11-26-6-2-5-22-26/h2-6,9-10,12-13,18-19,27H,7-8,11H2,1H3,(H,24,28)/t13?,18-,19-/m1/s1. The Kier molecular flexibility index (Phi) is 4.95. The number of hydrogen-bond acceptors (Lipinski definition) is 4. The first kappa shape index (κ1) is 18.4. The molecular weight excluding hydrogens is 361 g/mol. The van der Waals surface area contributed by atoms with Gasteiger partial charge in [0.2, 0.25) is 0 Å². The van der Waals surface area contributed by atoms with E-state index in [0.717, 1.165) is 5.56 Å². The van der Waals surface area contributed by atoms with Crippen LogP contribution in [-0.4, -0.2) is 42.7 Å². The topological polar surface area (TPSA) is 85.0 Å². The maximum atomic E-state index is 14.3. The number of carbonyl (C=O) groups is 1. The van der Waals surface area contributed by atoms with Crippen LogP contribution in [0.25, 0.3) is 11.1 Å². The molecular formula is C20H22FN5O2. The van der Waals surface area contributed by atoms with E-state index in [9.17, 15) is 14.3 Å². The fraction of sp³-hybridized carbons (Fsp3) is 0.350. The molecule has 1 amide bonds. The van der Waals surface area contributed by atoms with Gasteiger partial charge in [0.05, 0.1) is 23.9 Å². The van der Waals surface area contributed by atoms with Gasteiger partial charge in [0.15, 0.2) is 0 Å². The molecule has 0 bridgehead atoms. The van der Waals surface area contributed by atoms with E-state index in [1.807, 2.05) is 16.9 Å². The number of benzene rings is 1. The van der Waals surface area contributed by atoms with E-state index in [1.165, 1.54) is 12.1 Å². The Bertz CT molecular complexity index is 969. The van der Waals surface area contributed by atoms with Crippen molar-refractivity contribution in [3.63, 3.8) is 0 Å². The highest BCUT2D eigenvalue weighted by molar-refractivity contribution is 5.96. The third-order valence-electron chi connectivity index (χ3n) is 5.20. The van der Waals surface area contributed by atoms with E-state index in [-0.39, 0.29) is 11.5 Å².